The van der Waals surface area contributed by atoms with Crippen molar-refractivity contribution in [2.24, 2.45) is 0 Å². The molecular weight excluding hydrogens is 326 g/mol. The number of aromatic hydroxyl groups is 2. The summed E-state index contributed by atoms with van der Waals surface area (Å²) in [5.74, 6) is -1.71. The van der Waals surface area contributed by atoms with E-state index >= 15 is 0 Å². The Kier molecular flexibility index (Phi) is 2.98. The molecule has 1 aliphatic rings. The number of anilines is 1. The molecular formula is C18H11NO4S. The maximum atomic E-state index is 13.0. The van der Waals surface area contributed by atoms with Crippen LogP contribution in [0.1, 0.15) is 31.8 Å². The molecule has 5 nitrogen and oxygen atoms in total. The van der Waals surface area contributed by atoms with Gasteiger partial charge in [0.2, 0.25) is 5.78 Å². The Labute approximate surface area is 140 Å². The highest BCUT2D eigenvalue weighted by Crippen LogP contribution is 2.43. The van der Waals surface area contributed by atoms with Crippen molar-refractivity contribution < 1.29 is 19.8 Å². The van der Waals surface area contributed by atoms with Gasteiger partial charge in [-0.2, -0.15) is 0 Å². The van der Waals surface area contributed by atoms with Gasteiger partial charge in [0.15, 0.2) is 5.78 Å². The van der Waals surface area contributed by atoms with E-state index in [1.807, 2.05) is 17.5 Å². The van der Waals surface area contributed by atoms with Gasteiger partial charge in [0.1, 0.15) is 11.5 Å². The summed E-state index contributed by atoms with van der Waals surface area (Å²) in [5, 5.41) is 22.1. The molecule has 4 N–H and O–H groups in total. The molecule has 3 aromatic rings. The van der Waals surface area contributed by atoms with Gasteiger partial charge in [0.25, 0.3) is 0 Å². The van der Waals surface area contributed by atoms with Crippen molar-refractivity contribution in [2.45, 2.75) is 0 Å². The van der Waals surface area contributed by atoms with Gasteiger partial charge < -0.3 is 15.9 Å². The number of benzene rings is 2. The van der Waals surface area contributed by atoms with Crippen molar-refractivity contribution in [1.82, 2.24) is 0 Å². The van der Waals surface area contributed by atoms with Crippen LogP contribution in [-0.2, 0) is 0 Å². The lowest BCUT2D eigenvalue weighted by Crippen LogP contribution is -2.23. The minimum absolute atomic E-state index is 0.0177. The lowest BCUT2D eigenvalue weighted by molar-refractivity contribution is 0.0975. The molecule has 0 saturated heterocycles. The molecule has 1 aromatic heterocycles. The number of phenols is 2. The third kappa shape index (κ3) is 1.80. The van der Waals surface area contributed by atoms with E-state index in [-0.39, 0.29) is 39.4 Å². The zero-order chi connectivity index (χ0) is 17.0. The Morgan fingerprint density at radius 2 is 1.42 bits per heavy atom. The van der Waals surface area contributed by atoms with Crippen LogP contribution in [0.4, 0.5) is 5.69 Å². The van der Waals surface area contributed by atoms with Crippen LogP contribution in [0.5, 0.6) is 11.5 Å². The average molecular weight is 337 g/mol. The van der Waals surface area contributed by atoms with Crippen LogP contribution in [0.3, 0.4) is 0 Å². The fourth-order valence-electron chi connectivity index (χ4n) is 3.03. The molecule has 0 amide bonds. The number of carbonyl (C=O) groups is 2. The number of ketones is 2. The van der Waals surface area contributed by atoms with E-state index in [0.29, 0.717) is 5.56 Å². The van der Waals surface area contributed by atoms with Gasteiger partial charge in [-0.15, -0.1) is 11.3 Å². The van der Waals surface area contributed by atoms with Gasteiger partial charge >= 0.3 is 0 Å². The fourth-order valence-corrected chi connectivity index (χ4v) is 3.78. The Bertz CT molecular complexity index is 1020. The number of nitrogen functional groups attached to an aromatic ring is 1. The van der Waals surface area contributed by atoms with Crippen LogP contribution in [0, 0.1) is 0 Å². The molecule has 0 spiro atoms. The molecule has 0 unspecified atom stereocenters. The molecule has 0 atom stereocenters. The van der Waals surface area contributed by atoms with Crippen molar-refractivity contribution in [3.8, 4) is 21.9 Å². The number of nitrogens with two attached hydrogens (primary N) is 1. The van der Waals surface area contributed by atoms with Crippen LogP contribution in [-0.4, -0.2) is 21.8 Å². The number of hydrogen-bond acceptors (Lipinski definition) is 6. The third-order valence-corrected chi connectivity index (χ3v) is 5.00. The van der Waals surface area contributed by atoms with E-state index in [0.717, 1.165) is 4.88 Å². The van der Waals surface area contributed by atoms with E-state index in [1.165, 1.54) is 29.5 Å². The van der Waals surface area contributed by atoms with Gasteiger partial charge in [-0.25, -0.2) is 0 Å². The molecule has 0 fully saturated rings. The second kappa shape index (κ2) is 4.94. The molecule has 1 aliphatic carbocycles. The first-order valence-electron chi connectivity index (χ1n) is 7.11. The molecule has 2 aromatic carbocycles. The van der Waals surface area contributed by atoms with E-state index in [4.69, 9.17) is 5.73 Å². The van der Waals surface area contributed by atoms with Gasteiger partial charge in [0.05, 0.1) is 16.7 Å². The molecule has 0 saturated carbocycles. The van der Waals surface area contributed by atoms with E-state index in [2.05, 4.69) is 0 Å². The Morgan fingerprint density at radius 1 is 0.792 bits per heavy atom. The summed E-state index contributed by atoms with van der Waals surface area (Å²) in [6, 6.07) is 9.31. The number of rotatable bonds is 1. The first-order chi connectivity index (χ1) is 11.5. The van der Waals surface area contributed by atoms with Crippen molar-refractivity contribution in [3.63, 3.8) is 0 Å². The van der Waals surface area contributed by atoms with Gasteiger partial charge in [-0.3, -0.25) is 9.59 Å². The Morgan fingerprint density at radius 3 is 2.08 bits per heavy atom. The van der Waals surface area contributed by atoms with Crippen molar-refractivity contribution in [1.29, 1.82) is 0 Å². The molecule has 24 heavy (non-hydrogen) atoms. The fraction of sp³-hybridized carbons (Fsp3) is 0. The van der Waals surface area contributed by atoms with Gasteiger partial charge in [0, 0.05) is 21.7 Å². The number of phenolic OH excluding ortho intramolecular Hbond substituents is 2. The lowest BCUT2D eigenvalue weighted by atomic mass is 9.80. The highest BCUT2D eigenvalue weighted by Gasteiger charge is 2.37. The molecule has 118 valence electrons. The highest BCUT2D eigenvalue weighted by molar-refractivity contribution is 7.13. The van der Waals surface area contributed by atoms with Crippen molar-refractivity contribution >= 4 is 28.6 Å². The summed E-state index contributed by atoms with van der Waals surface area (Å²) in [4.78, 5) is 26.7. The van der Waals surface area contributed by atoms with Gasteiger partial charge in [-0.05, 0) is 35.7 Å². The molecule has 1 heterocycles. The van der Waals surface area contributed by atoms with E-state index in [1.54, 1.807) is 6.07 Å². The van der Waals surface area contributed by atoms with Crippen LogP contribution < -0.4 is 5.73 Å². The summed E-state index contributed by atoms with van der Waals surface area (Å²) < 4.78 is 0. The number of carbonyl (C=O) groups excluding carboxylic acids is 2. The summed E-state index contributed by atoms with van der Waals surface area (Å²) in [6.45, 7) is 0. The smallest absolute Gasteiger partial charge is 0.202 e. The summed E-state index contributed by atoms with van der Waals surface area (Å²) in [7, 11) is 0. The van der Waals surface area contributed by atoms with E-state index in [9.17, 15) is 19.8 Å². The SMILES string of the molecule is Nc1ccc(O)c2c1C(=O)c1c(-c3cccs3)ccc(O)c1C2=O. The minimum Gasteiger partial charge on any atom is -0.507 e. The normalized spacial score (nSPS) is 12.8. The first-order valence-corrected chi connectivity index (χ1v) is 7.99. The monoisotopic (exact) mass is 337 g/mol. The number of thiophene rings is 1. The third-order valence-electron chi connectivity index (χ3n) is 4.09. The van der Waals surface area contributed by atoms with Crippen molar-refractivity contribution in [2.75, 3.05) is 5.73 Å². The first kappa shape index (κ1) is 14.5. The van der Waals surface area contributed by atoms with Crippen molar-refractivity contribution in [3.05, 3.63) is 64.0 Å². The molecule has 0 radical (unpaired) electrons. The maximum Gasteiger partial charge on any atom is 0.202 e. The predicted molar refractivity (Wildman–Crippen MR) is 90.8 cm³/mol. The maximum absolute atomic E-state index is 13.0. The van der Waals surface area contributed by atoms with E-state index < -0.39 is 11.6 Å². The second-order valence-electron chi connectivity index (χ2n) is 5.44. The standard InChI is InChI=1S/C18H11NO4S/c19-9-4-6-11(21)16-14(9)17(22)13-8(12-2-1-7-24-12)3-5-10(20)15(13)18(16)23/h1-7,20-21H,19H2. The quantitative estimate of drug-likeness (QED) is 0.366. The predicted octanol–water partition coefficient (Wildman–Crippen LogP) is 3.18. The second-order valence-corrected chi connectivity index (χ2v) is 6.39. The summed E-state index contributed by atoms with van der Waals surface area (Å²) in [5.41, 5.74) is 6.40. The summed E-state index contributed by atoms with van der Waals surface area (Å²) in [6.07, 6.45) is 0. The molecule has 4 rings (SSSR count). The molecule has 6 heteroatoms. The molecule has 0 bridgehead atoms. The Hall–Kier alpha value is -3.12. The zero-order valence-electron chi connectivity index (χ0n) is 12.2. The Balaban J connectivity index is 2.11. The van der Waals surface area contributed by atoms with Crippen LogP contribution in [0.25, 0.3) is 10.4 Å². The van der Waals surface area contributed by atoms with Crippen LogP contribution in [0.2, 0.25) is 0 Å². The van der Waals surface area contributed by atoms with Crippen LogP contribution >= 0.6 is 11.3 Å². The zero-order valence-corrected chi connectivity index (χ0v) is 13.1. The average Bonchev–Trinajstić information content (AvgIpc) is 3.08. The van der Waals surface area contributed by atoms with Crippen LogP contribution in [0.15, 0.2) is 41.8 Å². The lowest BCUT2D eigenvalue weighted by Gasteiger charge is -2.22. The molecule has 0 aliphatic heterocycles. The number of fused-ring (bicyclic) bond motifs is 2. The topological polar surface area (TPSA) is 101 Å². The van der Waals surface area contributed by atoms with Gasteiger partial charge in [-0.1, -0.05) is 6.07 Å². The summed E-state index contributed by atoms with van der Waals surface area (Å²) >= 11 is 1.42. The number of hydrogen-bond donors (Lipinski definition) is 3. The minimum atomic E-state index is -0.611. The largest absolute Gasteiger partial charge is 0.507 e. The highest BCUT2D eigenvalue weighted by atomic mass is 32.1.